The Balaban J connectivity index is 0.907. The zero-order valence-corrected chi connectivity index (χ0v) is 28.7. The highest BCUT2D eigenvalue weighted by atomic mass is 35.5. The lowest BCUT2D eigenvalue weighted by atomic mass is 9.35. The van der Waals surface area contributed by atoms with Gasteiger partial charge in [0.2, 0.25) is 5.91 Å². The van der Waals surface area contributed by atoms with Crippen molar-refractivity contribution in [2.75, 3.05) is 36.8 Å². The molecule has 0 radical (unpaired) electrons. The number of carbonyl (C=O) groups excluding carboxylic acids is 2. The third-order valence-electron chi connectivity index (χ3n) is 11.5. The van der Waals surface area contributed by atoms with Crippen LogP contribution in [0.25, 0.3) is 16.3 Å². The van der Waals surface area contributed by atoms with Gasteiger partial charge in [0.1, 0.15) is 5.75 Å². The number of methoxy groups -OCH3 is 1. The number of halogens is 1. The summed E-state index contributed by atoms with van der Waals surface area (Å²) >= 11 is 6.47. The van der Waals surface area contributed by atoms with Gasteiger partial charge in [-0.1, -0.05) is 30.3 Å². The number of nitrogens with two attached hydrogens (primary N) is 1. The SMILES string of the molecule is COc1cc2c(cc1OCC13CC(C(=O)N4C[C@@H](CCl)c5c4cc(O)c4cccc(C)c54)(C1)C3)N=C[C@@H]1CC(c3ccc(N)cc3)=CN1C2=O. The molecule has 4 aromatic rings. The van der Waals surface area contributed by atoms with Crippen molar-refractivity contribution in [1.29, 1.82) is 0 Å². The lowest BCUT2D eigenvalue weighted by Gasteiger charge is -2.69. The Hall–Kier alpha value is -5.02. The normalized spacial score (nSPS) is 25.7. The Kier molecular flexibility index (Phi) is 6.81. The lowest BCUT2D eigenvalue weighted by Crippen LogP contribution is -2.70. The molecule has 3 N–H and O–H groups in total. The molecule has 0 aromatic heterocycles. The predicted octanol–water partition coefficient (Wildman–Crippen LogP) is 7.33. The van der Waals surface area contributed by atoms with Crippen LogP contribution in [-0.2, 0) is 4.79 Å². The third-order valence-corrected chi connectivity index (χ3v) is 11.9. The second-order valence-electron chi connectivity index (χ2n) is 14.8. The van der Waals surface area contributed by atoms with Crippen LogP contribution < -0.4 is 20.1 Å². The Labute approximate surface area is 294 Å². The number of phenols is 1. The number of phenolic OH excluding ortho intramolecular Hbond substituents is 1. The van der Waals surface area contributed by atoms with Crippen molar-refractivity contribution < 1.29 is 24.2 Å². The Morgan fingerprint density at radius 3 is 2.62 bits per heavy atom. The van der Waals surface area contributed by atoms with E-state index in [1.165, 1.54) is 0 Å². The minimum Gasteiger partial charge on any atom is -0.507 e. The number of ether oxygens (including phenoxy) is 2. The number of hydrogen-bond acceptors (Lipinski definition) is 7. The molecule has 3 fully saturated rings. The Morgan fingerprint density at radius 2 is 1.88 bits per heavy atom. The van der Waals surface area contributed by atoms with Gasteiger partial charge < -0.3 is 30.1 Å². The van der Waals surface area contributed by atoms with Crippen LogP contribution in [0.5, 0.6) is 17.2 Å². The van der Waals surface area contributed by atoms with Crippen LogP contribution in [0, 0.1) is 17.8 Å². The number of alkyl halides is 1. The van der Waals surface area contributed by atoms with E-state index in [1.54, 1.807) is 30.2 Å². The van der Waals surface area contributed by atoms with Crippen LogP contribution in [0.4, 0.5) is 17.1 Å². The largest absolute Gasteiger partial charge is 0.507 e. The molecular formula is C40H37ClN4O5. The molecule has 2 amide bonds. The van der Waals surface area contributed by atoms with E-state index in [0.717, 1.165) is 58.0 Å². The molecule has 2 bridgehead atoms. The fraction of sp³-hybridized carbons (Fsp3) is 0.325. The van der Waals surface area contributed by atoms with Crippen molar-refractivity contribution >= 4 is 63.0 Å². The topological polar surface area (TPSA) is 118 Å². The molecule has 4 aromatic carbocycles. The number of fused-ring (bicyclic) bond motifs is 5. The highest BCUT2D eigenvalue weighted by Gasteiger charge is 2.72. The van der Waals surface area contributed by atoms with Gasteiger partial charge in [0.25, 0.3) is 5.91 Å². The molecule has 3 aliphatic heterocycles. The van der Waals surface area contributed by atoms with Gasteiger partial charge in [-0.2, -0.15) is 0 Å². The number of amides is 2. The molecule has 50 heavy (non-hydrogen) atoms. The Bertz CT molecular complexity index is 2170. The standard InChI is InChI=1S/C40H37ClN4O5/c1-22-4-3-5-28-32(46)13-31-36(35(22)28)25(14-41)17-45(31)38(48)40-18-39(19-40,20-40)21-50-34-12-30-29(11-33(34)49-2)37(47)44-16-24(10-27(44)15-43-30)23-6-8-26(42)9-7-23/h3-9,11-13,15-16,25,27,46H,10,14,17-21,42H2,1-2H3/t25-,27+,39?,40?/m1/s1. The summed E-state index contributed by atoms with van der Waals surface area (Å²) in [6.45, 7) is 2.98. The first kappa shape index (κ1) is 31.0. The number of aryl methyl sites for hydroxylation is 1. The van der Waals surface area contributed by atoms with E-state index in [4.69, 9.17) is 31.8 Å². The highest BCUT2D eigenvalue weighted by molar-refractivity contribution is 6.19. The number of hydrogen-bond donors (Lipinski definition) is 2. The van der Waals surface area contributed by atoms with Gasteiger partial charge in [0.15, 0.2) is 11.5 Å². The molecule has 3 heterocycles. The number of aromatic hydroxyl groups is 1. The molecule has 3 aliphatic carbocycles. The van der Waals surface area contributed by atoms with Crippen molar-refractivity contribution in [2.24, 2.45) is 15.8 Å². The number of nitrogen functional groups attached to an aromatic ring is 1. The van der Waals surface area contributed by atoms with Crippen molar-refractivity contribution in [3.63, 3.8) is 0 Å². The summed E-state index contributed by atoms with van der Waals surface area (Å²) in [4.78, 5) is 36.3. The molecule has 10 rings (SSSR count). The maximum Gasteiger partial charge on any atom is 0.260 e. The van der Waals surface area contributed by atoms with Crippen LogP contribution in [0.3, 0.4) is 0 Å². The van der Waals surface area contributed by atoms with E-state index in [0.29, 0.717) is 53.9 Å². The highest BCUT2D eigenvalue weighted by Crippen LogP contribution is 2.74. The van der Waals surface area contributed by atoms with Crippen LogP contribution in [0.15, 0.2) is 71.9 Å². The second kappa shape index (κ2) is 11.0. The van der Waals surface area contributed by atoms with Crippen LogP contribution in [-0.4, -0.2) is 60.2 Å². The number of carbonyl (C=O) groups is 2. The van der Waals surface area contributed by atoms with Crippen molar-refractivity contribution in [2.45, 2.75) is 44.6 Å². The minimum absolute atomic E-state index is 0.00199. The molecule has 9 nitrogen and oxygen atoms in total. The predicted molar refractivity (Wildman–Crippen MR) is 195 cm³/mol. The first-order valence-corrected chi connectivity index (χ1v) is 17.6. The zero-order valence-electron chi connectivity index (χ0n) is 27.9. The van der Waals surface area contributed by atoms with Crippen molar-refractivity contribution in [3.8, 4) is 17.2 Å². The smallest absolute Gasteiger partial charge is 0.260 e. The van der Waals surface area contributed by atoms with Gasteiger partial charge in [-0.3, -0.25) is 14.6 Å². The van der Waals surface area contributed by atoms with E-state index in [-0.39, 0.29) is 34.9 Å². The number of aliphatic imine (C=N–C) groups is 1. The molecule has 2 atom stereocenters. The molecule has 0 unspecified atom stereocenters. The zero-order chi connectivity index (χ0) is 34.5. The Morgan fingerprint density at radius 1 is 1.10 bits per heavy atom. The summed E-state index contributed by atoms with van der Waals surface area (Å²) in [5.74, 6) is 1.52. The van der Waals surface area contributed by atoms with Gasteiger partial charge >= 0.3 is 0 Å². The number of rotatable bonds is 7. The van der Waals surface area contributed by atoms with Crippen LogP contribution in [0.1, 0.15) is 58.6 Å². The quantitative estimate of drug-likeness (QED) is 0.155. The van der Waals surface area contributed by atoms with Crippen molar-refractivity contribution in [3.05, 3.63) is 89.1 Å². The monoisotopic (exact) mass is 688 g/mol. The van der Waals surface area contributed by atoms with E-state index in [1.807, 2.05) is 66.7 Å². The van der Waals surface area contributed by atoms with Crippen LogP contribution in [0.2, 0.25) is 0 Å². The molecule has 10 heteroatoms. The molecule has 254 valence electrons. The van der Waals surface area contributed by atoms with Gasteiger partial charge in [-0.05, 0) is 72.0 Å². The van der Waals surface area contributed by atoms with Gasteiger partial charge in [-0.25, -0.2) is 0 Å². The second-order valence-corrected chi connectivity index (χ2v) is 15.1. The summed E-state index contributed by atoms with van der Waals surface area (Å²) in [6.07, 6.45) is 6.59. The minimum atomic E-state index is -0.433. The average Bonchev–Trinajstić information content (AvgIpc) is 3.64. The molecule has 6 aliphatic rings. The fourth-order valence-electron chi connectivity index (χ4n) is 9.18. The maximum atomic E-state index is 14.2. The van der Waals surface area contributed by atoms with Gasteiger partial charge in [0.05, 0.1) is 42.1 Å². The molecule has 0 spiro atoms. The number of anilines is 2. The summed E-state index contributed by atoms with van der Waals surface area (Å²) in [6, 6.07) is 18.6. The van der Waals surface area contributed by atoms with Crippen LogP contribution >= 0.6 is 11.6 Å². The number of nitrogens with zero attached hydrogens (tertiary/aromatic N) is 3. The lowest BCUT2D eigenvalue weighted by molar-refractivity contribution is -0.215. The first-order valence-electron chi connectivity index (χ1n) is 17.0. The van der Waals surface area contributed by atoms with E-state index in [2.05, 4.69) is 0 Å². The van der Waals surface area contributed by atoms with Gasteiger partial charge in [-0.15, -0.1) is 11.6 Å². The maximum absolute atomic E-state index is 14.2. The van der Waals surface area contributed by atoms with E-state index < -0.39 is 5.41 Å². The molecule has 0 saturated heterocycles. The van der Waals surface area contributed by atoms with E-state index >= 15 is 0 Å². The molecule has 3 saturated carbocycles. The summed E-state index contributed by atoms with van der Waals surface area (Å²) in [7, 11) is 1.57. The van der Waals surface area contributed by atoms with Crippen molar-refractivity contribution in [1.82, 2.24) is 4.90 Å². The average molecular weight is 689 g/mol. The van der Waals surface area contributed by atoms with E-state index in [9.17, 15) is 14.7 Å². The fourth-order valence-corrected chi connectivity index (χ4v) is 9.43. The molecular weight excluding hydrogens is 652 g/mol. The van der Waals surface area contributed by atoms with Gasteiger partial charge in [0, 0.05) is 65.8 Å². The summed E-state index contributed by atoms with van der Waals surface area (Å²) in [5.41, 5.74) is 12.0. The first-order chi connectivity index (χ1) is 24.1. The summed E-state index contributed by atoms with van der Waals surface area (Å²) in [5, 5.41) is 12.7. The third kappa shape index (κ3) is 4.48. The number of benzene rings is 4. The summed E-state index contributed by atoms with van der Waals surface area (Å²) < 4.78 is 12.1.